The molecule has 1 aliphatic carbocycles. The molecular formula is C36H36N8O3. The quantitative estimate of drug-likeness (QED) is 0.256. The molecule has 1 saturated heterocycles. The minimum Gasteiger partial charge on any atom is -0.367 e. The molecule has 238 valence electrons. The molecule has 47 heavy (non-hydrogen) atoms. The van der Waals surface area contributed by atoms with Gasteiger partial charge < -0.3 is 15.0 Å². The van der Waals surface area contributed by atoms with Gasteiger partial charge in [-0.1, -0.05) is 18.2 Å². The lowest BCUT2D eigenvalue weighted by Crippen LogP contribution is -2.48. The zero-order valence-corrected chi connectivity index (χ0v) is 26.3. The van der Waals surface area contributed by atoms with E-state index in [2.05, 4.69) is 54.7 Å². The van der Waals surface area contributed by atoms with E-state index < -0.39 is 5.60 Å². The Labute approximate surface area is 272 Å². The summed E-state index contributed by atoms with van der Waals surface area (Å²) in [6, 6.07) is 16.2. The highest BCUT2D eigenvalue weighted by molar-refractivity contribution is 6.01. The summed E-state index contributed by atoms with van der Waals surface area (Å²) in [6.45, 7) is 2.41. The molecule has 8 rings (SSSR count). The standard InChI is InChI=1S/C36H36N8O3/c1-47-36(35(46)40-29-6-7-31-30(16-29)34(42-41-31)26-8-11-39-32(15-26)23-2-3-23)10-13-43(21-36)20-33(45)44-12-9-25-14-24(4-5-27(25)19-44)28-17-37-22-38-18-28/h4-8,11,14-18,22-23H,2-3,9-10,12-13,19-21H2,1H3,(H,40,46)(H,41,42)/t36-/m0/s1. The zero-order chi connectivity index (χ0) is 32.0. The van der Waals surface area contributed by atoms with E-state index in [1.54, 1.807) is 7.11 Å². The number of carbonyl (C=O) groups excluding carboxylic acids is 2. The fraction of sp³-hybridized carbons (Fsp3) is 0.333. The zero-order valence-electron chi connectivity index (χ0n) is 26.3. The summed E-state index contributed by atoms with van der Waals surface area (Å²) in [5, 5.41) is 11.7. The van der Waals surface area contributed by atoms with E-state index in [1.807, 2.05) is 52.7 Å². The summed E-state index contributed by atoms with van der Waals surface area (Å²) in [7, 11) is 1.57. The largest absolute Gasteiger partial charge is 0.367 e. The number of H-pyrrole nitrogens is 1. The molecule has 0 unspecified atom stereocenters. The lowest BCUT2D eigenvalue weighted by Gasteiger charge is -2.31. The summed E-state index contributed by atoms with van der Waals surface area (Å²) >= 11 is 0. The van der Waals surface area contributed by atoms with Crippen molar-refractivity contribution < 1.29 is 14.3 Å². The predicted octanol–water partition coefficient (Wildman–Crippen LogP) is 4.57. The first kappa shape index (κ1) is 29.4. The number of fused-ring (bicyclic) bond motifs is 2. The van der Waals surface area contributed by atoms with Gasteiger partial charge in [-0.25, -0.2) is 9.97 Å². The average Bonchev–Trinajstić information content (AvgIpc) is 3.75. The van der Waals surface area contributed by atoms with Crippen LogP contribution in [0.15, 0.2) is 73.4 Å². The molecule has 5 aromatic rings. The first-order valence-electron chi connectivity index (χ1n) is 16.2. The molecule has 2 N–H and O–H groups in total. The van der Waals surface area contributed by atoms with Gasteiger partial charge in [0.15, 0.2) is 5.60 Å². The molecule has 2 amide bonds. The summed E-state index contributed by atoms with van der Waals surface area (Å²) in [6.07, 6.45) is 10.6. The second-order valence-electron chi connectivity index (χ2n) is 12.9. The SMILES string of the molecule is CO[C@@]1(C(=O)Nc2ccc3[nH]nc(-c4ccnc(C5CC5)c4)c3c2)CCN(CC(=O)N2CCc3cc(-c4cncnc4)ccc3C2)C1. The Kier molecular flexibility index (Phi) is 7.49. The fourth-order valence-electron chi connectivity index (χ4n) is 6.88. The Bertz CT molecular complexity index is 1970. The number of methoxy groups -OCH3 is 1. The molecule has 1 saturated carbocycles. The van der Waals surface area contributed by atoms with Gasteiger partial charge in [-0.2, -0.15) is 5.10 Å². The van der Waals surface area contributed by atoms with Gasteiger partial charge in [0.05, 0.1) is 12.1 Å². The smallest absolute Gasteiger partial charge is 0.258 e. The van der Waals surface area contributed by atoms with Crippen molar-refractivity contribution in [2.24, 2.45) is 0 Å². The van der Waals surface area contributed by atoms with Crippen molar-refractivity contribution in [2.45, 2.75) is 43.7 Å². The molecule has 1 atom stereocenters. The van der Waals surface area contributed by atoms with Crippen LogP contribution in [-0.2, 0) is 27.3 Å². The molecule has 11 heteroatoms. The molecule has 0 spiro atoms. The van der Waals surface area contributed by atoms with Crippen LogP contribution in [0, 0.1) is 0 Å². The highest BCUT2D eigenvalue weighted by atomic mass is 16.5. The third-order valence-corrected chi connectivity index (χ3v) is 9.81. The summed E-state index contributed by atoms with van der Waals surface area (Å²) in [5.74, 6) is 0.385. The van der Waals surface area contributed by atoms with Gasteiger partial charge in [-0.15, -0.1) is 0 Å². The van der Waals surface area contributed by atoms with Crippen molar-refractivity contribution in [3.63, 3.8) is 0 Å². The normalized spacial score (nSPS) is 19.6. The van der Waals surface area contributed by atoms with E-state index in [1.165, 1.54) is 24.7 Å². The van der Waals surface area contributed by atoms with Crippen LogP contribution in [0.4, 0.5) is 5.69 Å². The van der Waals surface area contributed by atoms with Gasteiger partial charge in [0.2, 0.25) is 5.91 Å². The fourth-order valence-corrected chi connectivity index (χ4v) is 6.88. The molecule has 3 aliphatic rings. The summed E-state index contributed by atoms with van der Waals surface area (Å²) < 4.78 is 5.88. The van der Waals surface area contributed by atoms with Crippen LogP contribution in [0.3, 0.4) is 0 Å². The Morgan fingerprint density at radius 1 is 1.00 bits per heavy atom. The third-order valence-electron chi connectivity index (χ3n) is 9.81. The number of amides is 2. The third kappa shape index (κ3) is 5.77. The topological polar surface area (TPSA) is 129 Å². The number of anilines is 1. The molecule has 3 aromatic heterocycles. The summed E-state index contributed by atoms with van der Waals surface area (Å²) in [5.41, 5.74) is 7.91. The lowest BCUT2D eigenvalue weighted by atomic mass is 9.95. The van der Waals surface area contributed by atoms with Gasteiger partial charge in [0, 0.05) is 85.7 Å². The van der Waals surface area contributed by atoms with Gasteiger partial charge in [-0.3, -0.25) is 24.6 Å². The average molecular weight is 629 g/mol. The maximum absolute atomic E-state index is 13.7. The Hall–Kier alpha value is -5.00. The number of pyridine rings is 1. The van der Waals surface area contributed by atoms with E-state index in [0.717, 1.165) is 51.0 Å². The first-order chi connectivity index (χ1) is 23.0. The van der Waals surface area contributed by atoms with Crippen LogP contribution in [0.25, 0.3) is 33.3 Å². The molecule has 2 aliphatic heterocycles. The van der Waals surface area contributed by atoms with Crippen LogP contribution < -0.4 is 5.32 Å². The molecule has 0 bridgehead atoms. The van der Waals surface area contributed by atoms with E-state index in [0.29, 0.717) is 44.2 Å². The monoisotopic (exact) mass is 628 g/mol. The predicted molar refractivity (Wildman–Crippen MR) is 177 cm³/mol. The van der Waals surface area contributed by atoms with Gasteiger partial charge in [0.1, 0.15) is 12.0 Å². The van der Waals surface area contributed by atoms with Crippen LogP contribution >= 0.6 is 0 Å². The number of nitrogens with one attached hydrogen (secondary N) is 2. The van der Waals surface area contributed by atoms with Crippen molar-refractivity contribution in [2.75, 3.05) is 38.6 Å². The van der Waals surface area contributed by atoms with Crippen LogP contribution in [0.2, 0.25) is 0 Å². The number of aromatic nitrogens is 5. The number of hydrogen-bond acceptors (Lipinski definition) is 8. The molecule has 2 aromatic carbocycles. The first-order valence-corrected chi connectivity index (χ1v) is 16.2. The maximum Gasteiger partial charge on any atom is 0.258 e. The number of likely N-dealkylation sites (tertiary alicyclic amines) is 1. The van der Waals surface area contributed by atoms with Gasteiger partial charge >= 0.3 is 0 Å². The Balaban J connectivity index is 0.917. The van der Waals surface area contributed by atoms with E-state index in [4.69, 9.17) is 4.74 Å². The minimum atomic E-state index is -1.05. The molecule has 5 heterocycles. The lowest BCUT2D eigenvalue weighted by molar-refractivity contribution is -0.138. The van der Waals surface area contributed by atoms with Crippen molar-refractivity contribution in [1.82, 2.24) is 34.9 Å². The highest BCUT2D eigenvalue weighted by Gasteiger charge is 2.45. The second-order valence-corrected chi connectivity index (χ2v) is 12.9. The van der Waals surface area contributed by atoms with Crippen molar-refractivity contribution in [3.8, 4) is 22.4 Å². The summed E-state index contributed by atoms with van der Waals surface area (Å²) in [4.78, 5) is 43.9. The number of aromatic amines is 1. The molecular weight excluding hydrogens is 592 g/mol. The van der Waals surface area contributed by atoms with Gasteiger partial charge in [0.25, 0.3) is 5.91 Å². The van der Waals surface area contributed by atoms with Crippen LogP contribution in [0.5, 0.6) is 0 Å². The Morgan fingerprint density at radius 2 is 1.87 bits per heavy atom. The van der Waals surface area contributed by atoms with Crippen molar-refractivity contribution >= 4 is 28.4 Å². The highest BCUT2D eigenvalue weighted by Crippen LogP contribution is 2.40. The minimum absolute atomic E-state index is 0.0578. The Morgan fingerprint density at radius 3 is 2.70 bits per heavy atom. The van der Waals surface area contributed by atoms with Gasteiger partial charge in [-0.05, 0) is 72.7 Å². The van der Waals surface area contributed by atoms with Crippen LogP contribution in [-0.4, -0.2) is 85.7 Å². The molecule has 2 fully saturated rings. The molecule has 11 nitrogen and oxygen atoms in total. The van der Waals surface area contributed by atoms with E-state index in [9.17, 15) is 9.59 Å². The van der Waals surface area contributed by atoms with Crippen molar-refractivity contribution in [1.29, 1.82) is 0 Å². The number of nitrogens with zero attached hydrogens (tertiary/aromatic N) is 6. The van der Waals surface area contributed by atoms with Crippen molar-refractivity contribution in [3.05, 3.63) is 90.3 Å². The number of benzene rings is 2. The maximum atomic E-state index is 13.7. The second kappa shape index (κ2) is 12.0. The van der Waals surface area contributed by atoms with E-state index in [-0.39, 0.29) is 18.4 Å². The number of hydrogen-bond donors (Lipinski definition) is 2. The van der Waals surface area contributed by atoms with E-state index >= 15 is 0 Å². The number of ether oxygens (including phenoxy) is 1. The molecule has 0 radical (unpaired) electrons. The number of carbonyl (C=O) groups is 2. The number of rotatable bonds is 8. The van der Waals surface area contributed by atoms with Crippen LogP contribution in [0.1, 0.15) is 42.0 Å².